The van der Waals surface area contributed by atoms with Gasteiger partial charge in [0.25, 0.3) is 0 Å². The van der Waals surface area contributed by atoms with E-state index in [1.807, 2.05) is 6.26 Å². The third kappa shape index (κ3) is 6.44. The van der Waals surface area contributed by atoms with Crippen molar-refractivity contribution in [2.45, 2.75) is 12.5 Å². The summed E-state index contributed by atoms with van der Waals surface area (Å²) in [6.07, 6.45) is 2.48. The van der Waals surface area contributed by atoms with Crippen molar-refractivity contribution in [3.63, 3.8) is 0 Å². The van der Waals surface area contributed by atoms with Crippen LogP contribution >= 0.6 is 11.8 Å². The molecule has 5 heteroatoms. The molecule has 0 aromatic heterocycles. The minimum atomic E-state index is -0.913. The summed E-state index contributed by atoms with van der Waals surface area (Å²) in [6, 6.07) is -0.683. The van der Waals surface area contributed by atoms with Crippen molar-refractivity contribution in [2.75, 3.05) is 12.0 Å². The third-order valence-electron chi connectivity index (χ3n) is 0.950. The van der Waals surface area contributed by atoms with Gasteiger partial charge in [0.15, 0.2) is 0 Å². The second-order valence-electron chi connectivity index (χ2n) is 1.73. The Labute approximate surface area is 75.7 Å². The molecular formula is C5H15GeNO2S. The Bertz CT molecular complexity index is 102. The van der Waals surface area contributed by atoms with Crippen molar-refractivity contribution >= 4 is 35.3 Å². The van der Waals surface area contributed by atoms with Crippen LogP contribution in [0.15, 0.2) is 0 Å². The summed E-state index contributed by atoms with van der Waals surface area (Å²) in [5, 5.41) is 8.27. The summed E-state index contributed by atoms with van der Waals surface area (Å²) in [5.74, 6) is -0.1000. The maximum atomic E-state index is 10.1. The van der Waals surface area contributed by atoms with Crippen LogP contribution in [-0.4, -0.2) is 46.7 Å². The van der Waals surface area contributed by atoms with E-state index in [4.69, 9.17) is 10.8 Å². The standard InChI is InChI=1S/C5H11NO2S.GeH4/c1-9-3-2-4(6)5(7)8;/h4H,2-3,6H2,1H3,(H,7,8);1H4. The number of rotatable bonds is 4. The van der Waals surface area contributed by atoms with Crippen LogP contribution in [0, 0.1) is 0 Å². The first-order valence-electron chi connectivity index (χ1n) is 2.65. The van der Waals surface area contributed by atoms with Crippen molar-refractivity contribution < 1.29 is 9.90 Å². The SMILES string of the molecule is CSCCC(N)C(=O)O.[GeH4]. The molecule has 0 fully saturated rings. The van der Waals surface area contributed by atoms with Crippen molar-refractivity contribution in [1.29, 1.82) is 0 Å². The molecule has 10 heavy (non-hydrogen) atoms. The summed E-state index contributed by atoms with van der Waals surface area (Å²) in [5.41, 5.74) is 5.19. The van der Waals surface area contributed by atoms with Gasteiger partial charge in [-0.15, -0.1) is 0 Å². The average molecular weight is 226 g/mol. The molecule has 0 aromatic carbocycles. The molecule has 0 rings (SSSR count). The van der Waals surface area contributed by atoms with E-state index in [0.29, 0.717) is 6.42 Å². The zero-order valence-corrected chi connectivity index (χ0v) is 6.15. The first kappa shape index (κ1) is 13.0. The van der Waals surface area contributed by atoms with E-state index in [0.717, 1.165) is 5.75 Å². The molecule has 3 N–H and O–H groups in total. The molecule has 3 nitrogen and oxygen atoms in total. The molecule has 1 unspecified atom stereocenters. The molecule has 62 valence electrons. The van der Waals surface area contributed by atoms with Crippen LogP contribution in [0.2, 0.25) is 0 Å². The summed E-state index contributed by atoms with van der Waals surface area (Å²) in [7, 11) is 0. The Morgan fingerprint density at radius 1 is 1.80 bits per heavy atom. The molecule has 0 aromatic rings. The zero-order valence-electron chi connectivity index (χ0n) is 5.33. The number of hydrogen-bond acceptors (Lipinski definition) is 3. The van der Waals surface area contributed by atoms with Gasteiger partial charge in [0.2, 0.25) is 0 Å². The number of carboxylic acids is 1. The number of carboxylic acid groups (broad SMARTS) is 1. The van der Waals surface area contributed by atoms with Gasteiger partial charge in [0, 0.05) is 0 Å². The van der Waals surface area contributed by atoms with Crippen molar-refractivity contribution in [3.8, 4) is 0 Å². The summed E-state index contributed by atoms with van der Waals surface area (Å²) in [4.78, 5) is 10.1. The Morgan fingerprint density at radius 3 is 2.60 bits per heavy atom. The molecular weight excluding hydrogens is 211 g/mol. The number of hydrogen-bond donors (Lipinski definition) is 2. The third-order valence-corrected chi connectivity index (χ3v) is 1.59. The van der Waals surface area contributed by atoms with Crippen molar-refractivity contribution in [3.05, 3.63) is 0 Å². The van der Waals surface area contributed by atoms with Gasteiger partial charge in [0.1, 0.15) is 6.04 Å². The van der Waals surface area contributed by atoms with E-state index in [1.165, 1.54) is 0 Å². The number of aliphatic carboxylic acids is 1. The first-order valence-corrected chi connectivity index (χ1v) is 4.05. The molecule has 0 aliphatic carbocycles. The Hall–Kier alpha value is 0.323. The first-order chi connectivity index (χ1) is 4.18. The van der Waals surface area contributed by atoms with Gasteiger partial charge in [-0.1, -0.05) is 0 Å². The molecule has 0 radical (unpaired) electrons. The monoisotopic (exact) mass is 227 g/mol. The number of carbonyl (C=O) groups is 1. The second kappa shape index (κ2) is 7.43. The number of thioether (sulfide) groups is 1. The van der Waals surface area contributed by atoms with Crippen LogP contribution in [0.3, 0.4) is 0 Å². The molecule has 0 heterocycles. The quantitative estimate of drug-likeness (QED) is 0.584. The van der Waals surface area contributed by atoms with Crippen LogP contribution in [-0.2, 0) is 4.79 Å². The Balaban J connectivity index is 0. The molecule has 0 aliphatic rings. The van der Waals surface area contributed by atoms with E-state index >= 15 is 0 Å². The van der Waals surface area contributed by atoms with Gasteiger partial charge in [-0.2, -0.15) is 11.8 Å². The molecule has 0 aliphatic heterocycles. The summed E-state index contributed by atoms with van der Waals surface area (Å²) in [6.45, 7) is 0. The molecule has 0 bridgehead atoms. The predicted octanol–water partition coefficient (Wildman–Crippen LogP) is -1.30. The van der Waals surface area contributed by atoms with Crippen molar-refractivity contribution in [1.82, 2.24) is 0 Å². The van der Waals surface area contributed by atoms with Crippen LogP contribution < -0.4 is 5.73 Å². The van der Waals surface area contributed by atoms with E-state index in [9.17, 15) is 4.79 Å². The Morgan fingerprint density at radius 2 is 2.30 bits per heavy atom. The fraction of sp³-hybridized carbons (Fsp3) is 0.800. The van der Waals surface area contributed by atoms with Crippen LogP contribution in [0.5, 0.6) is 0 Å². The van der Waals surface area contributed by atoms with E-state index in [1.54, 1.807) is 11.8 Å². The second-order valence-corrected chi connectivity index (χ2v) is 2.71. The van der Waals surface area contributed by atoms with Gasteiger partial charge >= 0.3 is 23.6 Å². The molecule has 0 saturated carbocycles. The van der Waals surface area contributed by atoms with E-state index in [2.05, 4.69) is 0 Å². The van der Waals surface area contributed by atoms with Gasteiger partial charge < -0.3 is 10.8 Å². The predicted molar refractivity (Wildman–Crippen MR) is 49.9 cm³/mol. The molecule has 0 saturated heterocycles. The summed E-state index contributed by atoms with van der Waals surface area (Å²) < 4.78 is 0. The zero-order chi connectivity index (χ0) is 7.28. The van der Waals surface area contributed by atoms with Crippen LogP contribution in [0.25, 0.3) is 0 Å². The number of nitrogens with two attached hydrogens (primary N) is 1. The van der Waals surface area contributed by atoms with Gasteiger partial charge in [-0.3, -0.25) is 4.79 Å². The summed E-state index contributed by atoms with van der Waals surface area (Å²) >= 11 is 1.60. The fourth-order valence-electron chi connectivity index (χ4n) is 0.368. The van der Waals surface area contributed by atoms with Gasteiger partial charge in [-0.25, -0.2) is 0 Å². The topological polar surface area (TPSA) is 63.3 Å². The van der Waals surface area contributed by atoms with Crippen molar-refractivity contribution in [2.24, 2.45) is 5.73 Å². The van der Waals surface area contributed by atoms with E-state index < -0.39 is 12.0 Å². The fourth-order valence-corrected chi connectivity index (χ4v) is 0.858. The van der Waals surface area contributed by atoms with Crippen LogP contribution in [0.1, 0.15) is 6.42 Å². The molecule has 0 amide bonds. The van der Waals surface area contributed by atoms with Gasteiger partial charge in [-0.05, 0) is 18.4 Å². The minimum absolute atomic E-state index is 0. The average Bonchev–Trinajstić information content (AvgIpc) is 1.82. The molecule has 0 spiro atoms. The normalized spacial score (nSPS) is 11.8. The Kier molecular flexibility index (Phi) is 9.62. The molecule has 1 atom stereocenters. The maximum absolute atomic E-state index is 10.1. The van der Waals surface area contributed by atoms with Gasteiger partial charge in [0.05, 0.1) is 0 Å². The van der Waals surface area contributed by atoms with Crippen LogP contribution in [0.4, 0.5) is 0 Å². The van der Waals surface area contributed by atoms with E-state index in [-0.39, 0.29) is 17.6 Å².